The van der Waals surface area contributed by atoms with Gasteiger partial charge in [-0.2, -0.15) is 0 Å². The number of aldehydes is 1. The molecule has 3 unspecified atom stereocenters. The molecule has 1 aromatic carbocycles. The van der Waals surface area contributed by atoms with E-state index in [9.17, 15) is 14.7 Å². The average molecular weight is 351 g/mol. The van der Waals surface area contributed by atoms with E-state index in [4.69, 9.17) is 14.2 Å². The molecule has 0 amide bonds. The molecule has 7 nitrogen and oxygen atoms in total. The Hall–Kier alpha value is -2.12. The molecule has 1 aromatic rings. The first-order chi connectivity index (χ1) is 11.9. The Labute approximate surface area is 147 Å². The lowest BCUT2D eigenvalue weighted by Crippen LogP contribution is -2.39. The molecule has 2 rings (SSSR count). The van der Waals surface area contributed by atoms with E-state index in [-0.39, 0.29) is 24.9 Å². The van der Waals surface area contributed by atoms with Crippen LogP contribution in [0.5, 0.6) is 5.75 Å². The van der Waals surface area contributed by atoms with Gasteiger partial charge in [0.2, 0.25) is 6.29 Å². The topological polar surface area (TPSA) is 94.1 Å². The van der Waals surface area contributed by atoms with Gasteiger partial charge in [0.25, 0.3) is 0 Å². The molecule has 0 bridgehead atoms. The molecule has 25 heavy (non-hydrogen) atoms. The Morgan fingerprint density at radius 3 is 2.84 bits per heavy atom. The molecule has 7 heteroatoms. The summed E-state index contributed by atoms with van der Waals surface area (Å²) >= 11 is 0. The van der Waals surface area contributed by atoms with Gasteiger partial charge in [-0.15, -0.1) is 0 Å². The number of anilines is 1. The molecule has 1 saturated heterocycles. The Kier molecular flexibility index (Phi) is 6.78. The van der Waals surface area contributed by atoms with Crippen LogP contribution in [0.3, 0.4) is 0 Å². The molecule has 138 valence electrons. The van der Waals surface area contributed by atoms with Crippen molar-refractivity contribution in [2.24, 2.45) is 5.92 Å². The molecule has 0 aromatic heterocycles. The zero-order valence-electron chi connectivity index (χ0n) is 14.7. The van der Waals surface area contributed by atoms with Gasteiger partial charge < -0.3 is 29.4 Å². The fourth-order valence-electron chi connectivity index (χ4n) is 2.48. The van der Waals surface area contributed by atoms with Crippen molar-refractivity contribution in [3.8, 4) is 5.75 Å². The van der Waals surface area contributed by atoms with Gasteiger partial charge in [0, 0.05) is 19.9 Å². The third-order valence-electron chi connectivity index (χ3n) is 3.87. The van der Waals surface area contributed by atoms with Crippen molar-refractivity contribution in [2.45, 2.75) is 51.8 Å². The van der Waals surface area contributed by atoms with E-state index in [1.54, 1.807) is 33.0 Å². The predicted octanol–water partition coefficient (Wildman–Crippen LogP) is 1.87. The minimum Gasteiger partial charge on any atom is -0.463 e. The summed E-state index contributed by atoms with van der Waals surface area (Å²) in [6.45, 7) is 3.74. The normalized spacial score (nSPS) is 23.2. The Morgan fingerprint density at radius 1 is 1.44 bits per heavy atom. The summed E-state index contributed by atoms with van der Waals surface area (Å²) in [5.74, 6) is 0.105. The molecular formula is C18H25NO6. The van der Waals surface area contributed by atoms with Crippen molar-refractivity contribution in [1.29, 1.82) is 0 Å². The van der Waals surface area contributed by atoms with Gasteiger partial charge in [-0.1, -0.05) is 19.9 Å². The first-order valence-electron chi connectivity index (χ1n) is 8.35. The number of carbonyl (C=O) groups excluding carboxylic acids is 2. The quantitative estimate of drug-likeness (QED) is 0.572. The van der Waals surface area contributed by atoms with Gasteiger partial charge in [0.05, 0.1) is 17.7 Å². The summed E-state index contributed by atoms with van der Waals surface area (Å²) in [6, 6.07) is 5.35. The van der Waals surface area contributed by atoms with Crippen LogP contribution in [0, 0.1) is 5.92 Å². The van der Waals surface area contributed by atoms with Gasteiger partial charge in [0.15, 0.2) is 0 Å². The molecule has 0 spiro atoms. The van der Waals surface area contributed by atoms with E-state index in [0.717, 1.165) is 5.56 Å². The maximum absolute atomic E-state index is 11.6. The fraction of sp³-hybridized carbons (Fsp3) is 0.556. The molecule has 1 fully saturated rings. The summed E-state index contributed by atoms with van der Waals surface area (Å²) in [5.41, 5.74) is 1.52. The minimum absolute atomic E-state index is 0.174. The summed E-state index contributed by atoms with van der Waals surface area (Å²) in [4.78, 5) is 22.5. The second-order valence-corrected chi connectivity index (χ2v) is 6.33. The van der Waals surface area contributed by atoms with Crippen LogP contribution in [0.25, 0.3) is 0 Å². The molecular weight excluding hydrogens is 326 g/mol. The van der Waals surface area contributed by atoms with Crippen molar-refractivity contribution in [1.82, 2.24) is 0 Å². The van der Waals surface area contributed by atoms with E-state index >= 15 is 0 Å². The minimum atomic E-state index is -0.698. The second kappa shape index (κ2) is 8.82. The van der Waals surface area contributed by atoms with E-state index in [2.05, 4.69) is 5.32 Å². The van der Waals surface area contributed by atoms with Gasteiger partial charge in [-0.3, -0.25) is 4.79 Å². The zero-order valence-corrected chi connectivity index (χ0v) is 14.7. The lowest BCUT2D eigenvalue weighted by Gasteiger charge is -2.31. The van der Waals surface area contributed by atoms with Crippen LogP contribution < -0.4 is 10.1 Å². The van der Waals surface area contributed by atoms with Crippen LogP contribution in [-0.4, -0.2) is 42.9 Å². The standard InChI is InChI=1S/C18H25NO6/c1-11(2)18(22)23-10-12-4-5-16(15(6-12)19-3)25-17-8-13(21)7-14(9-20)24-17/h4-6,9,11,13-14,17,19,21H,7-8,10H2,1-3H3. The number of aliphatic hydroxyl groups is 1. The number of nitrogens with one attached hydrogen (secondary N) is 1. The predicted molar refractivity (Wildman–Crippen MR) is 91.2 cm³/mol. The molecule has 0 aliphatic carbocycles. The molecule has 1 heterocycles. The summed E-state index contributed by atoms with van der Waals surface area (Å²) in [6.07, 6.45) is -0.757. The number of rotatable bonds is 7. The van der Waals surface area contributed by atoms with Gasteiger partial charge >= 0.3 is 5.97 Å². The molecule has 0 saturated carbocycles. The van der Waals surface area contributed by atoms with Crippen LogP contribution in [0.4, 0.5) is 5.69 Å². The number of aliphatic hydroxyl groups excluding tert-OH is 1. The molecule has 1 aliphatic heterocycles. The van der Waals surface area contributed by atoms with Crippen LogP contribution >= 0.6 is 0 Å². The lowest BCUT2D eigenvalue weighted by molar-refractivity contribution is -0.175. The van der Waals surface area contributed by atoms with Crippen LogP contribution in [-0.2, 0) is 25.7 Å². The van der Waals surface area contributed by atoms with Crippen LogP contribution in [0.2, 0.25) is 0 Å². The van der Waals surface area contributed by atoms with Crippen LogP contribution in [0.15, 0.2) is 18.2 Å². The van der Waals surface area contributed by atoms with Crippen molar-refractivity contribution in [3.63, 3.8) is 0 Å². The molecule has 2 N–H and O–H groups in total. The Bertz CT molecular complexity index is 603. The first kappa shape index (κ1) is 19.2. The number of ether oxygens (including phenoxy) is 3. The van der Waals surface area contributed by atoms with Crippen molar-refractivity contribution < 1.29 is 28.9 Å². The Balaban J connectivity index is 2.03. The number of carbonyl (C=O) groups is 2. The molecule has 1 aliphatic rings. The van der Waals surface area contributed by atoms with Crippen molar-refractivity contribution >= 4 is 17.9 Å². The van der Waals surface area contributed by atoms with Gasteiger partial charge in [-0.25, -0.2) is 0 Å². The highest BCUT2D eigenvalue weighted by Gasteiger charge is 2.29. The highest BCUT2D eigenvalue weighted by molar-refractivity contribution is 5.71. The average Bonchev–Trinajstić information content (AvgIpc) is 2.59. The smallest absolute Gasteiger partial charge is 0.308 e. The number of esters is 1. The SMILES string of the molecule is CNc1cc(COC(=O)C(C)C)ccc1OC1CC(O)CC(C=O)O1. The fourth-order valence-corrected chi connectivity index (χ4v) is 2.48. The number of hydrogen-bond acceptors (Lipinski definition) is 7. The van der Waals surface area contributed by atoms with Gasteiger partial charge in [0.1, 0.15) is 24.7 Å². The zero-order chi connectivity index (χ0) is 18.4. The van der Waals surface area contributed by atoms with Gasteiger partial charge in [-0.05, 0) is 17.7 Å². The number of hydrogen-bond donors (Lipinski definition) is 2. The highest BCUT2D eigenvalue weighted by atomic mass is 16.7. The lowest BCUT2D eigenvalue weighted by atomic mass is 10.1. The van der Waals surface area contributed by atoms with E-state index in [1.807, 2.05) is 6.07 Å². The van der Waals surface area contributed by atoms with E-state index in [1.165, 1.54) is 0 Å². The van der Waals surface area contributed by atoms with Crippen molar-refractivity contribution in [3.05, 3.63) is 23.8 Å². The molecule has 0 radical (unpaired) electrons. The molecule has 3 atom stereocenters. The maximum atomic E-state index is 11.6. The Morgan fingerprint density at radius 2 is 2.20 bits per heavy atom. The summed E-state index contributed by atoms with van der Waals surface area (Å²) < 4.78 is 16.5. The van der Waals surface area contributed by atoms with Crippen molar-refractivity contribution in [2.75, 3.05) is 12.4 Å². The first-order valence-corrected chi connectivity index (χ1v) is 8.35. The summed E-state index contributed by atoms with van der Waals surface area (Å²) in [7, 11) is 1.75. The summed E-state index contributed by atoms with van der Waals surface area (Å²) in [5, 5.41) is 12.8. The largest absolute Gasteiger partial charge is 0.463 e. The van der Waals surface area contributed by atoms with Crippen LogP contribution in [0.1, 0.15) is 32.3 Å². The maximum Gasteiger partial charge on any atom is 0.308 e. The monoisotopic (exact) mass is 351 g/mol. The van der Waals surface area contributed by atoms with E-state index < -0.39 is 18.5 Å². The number of benzene rings is 1. The highest BCUT2D eigenvalue weighted by Crippen LogP contribution is 2.29. The third kappa shape index (κ3) is 5.44. The van der Waals surface area contributed by atoms with E-state index in [0.29, 0.717) is 24.1 Å². The second-order valence-electron chi connectivity index (χ2n) is 6.33. The third-order valence-corrected chi connectivity index (χ3v) is 3.87.